The first-order valence-corrected chi connectivity index (χ1v) is 12.5. The molecule has 1 nitrogen and oxygen atoms in total. The Kier molecular flexibility index (Phi) is 3.15. The topological polar surface area (TPSA) is 9.23 Å². The summed E-state index contributed by atoms with van der Waals surface area (Å²) in [5.41, 5.74) is 5.85. The molecule has 91 valence electrons. The van der Waals surface area contributed by atoms with Gasteiger partial charge >= 0.3 is 117 Å². The summed E-state index contributed by atoms with van der Waals surface area (Å²) in [6.45, 7) is 0. The maximum atomic E-state index is 5.58. The first kappa shape index (κ1) is 12.2. The normalized spacial score (nSPS) is 11.9. The fourth-order valence-corrected chi connectivity index (χ4v) is 6.61. The van der Waals surface area contributed by atoms with E-state index in [1.165, 1.54) is 22.3 Å². The Morgan fingerprint density at radius 1 is 1.00 bits per heavy atom. The fourth-order valence-electron chi connectivity index (χ4n) is 2.91. The summed E-state index contributed by atoms with van der Waals surface area (Å²) in [4.78, 5) is 0. The molecule has 1 aliphatic rings. The fraction of sp³-hybridized carbons (Fsp3) is 0.250. The van der Waals surface area contributed by atoms with Crippen LogP contribution in [-0.4, -0.2) is 7.11 Å². The molecule has 0 aromatic heterocycles. The number of ether oxygens (including phenoxy) is 1. The first-order valence-electron chi connectivity index (χ1n) is 6.31. The zero-order chi connectivity index (χ0) is 12.7. The average Bonchev–Trinajstić information content (AvgIpc) is 2.75. The van der Waals surface area contributed by atoms with Crippen molar-refractivity contribution in [3.8, 4) is 16.9 Å². The van der Waals surface area contributed by atoms with Gasteiger partial charge in [0.05, 0.1) is 0 Å². The number of methoxy groups -OCH3 is 1. The van der Waals surface area contributed by atoms with Crippen LogP contribution in [0.5, 0.6) is 5.75 Å². The molecule has 0 bridgehead atoms. The van der Waals surface area contributed by atoms with E-state index in [4.69, 9.17) is 4.74 Å². The van der Waals surface area contributed by atoms with Crippen molar-refractivity contribution in [3.63, 3.8) is 0 Å². The Labute approximate surface area is 116 Å². The summed E-state index contributed by atoms with van der Waals surface area (Å²) in [5, 5.41) is 0. The molecule has 2 aromatic rings. The van der Waals surface area contributed by atoms with E-state index >= 15 is 0 Å². The number of rotatable bonds is 2. The Bertz CT molecular complexity index is 602. The van der Waals surface area contributed by atoms with Crippen molar-refractivity contribution in [3.05, 3.63) is 47.5 Å². The van der Waals surface area contributed by atoms with Crippen LogP contribution in [-0.2, 0) is 28.2 Å². The van der Waals surface area contributed by atoms with E-state index in [1.807, 2.05) is 0 Å². The Morgan fingerprint density at radius 3 is 2.50 bits per heavy atom. The molecule has 0 spiro atoms. The second-order valence-electron chi connectivity index (χ2n) is 5.00. The van der Waals surface area contributed by atoms with Crippen molar-refractivity contribution in [2.24, 2.45) is 0 Å². The molecule has 0 saturated heterocycles. The third-order valence-electron chi connectivity index (χ3n) is 3.67. The van der Waals surface area contributed by atoms with Gasteiger partial charge in [0.2, 0.25) is 0 Å². The first-order chi connectivity index (χ1) is 8.72. The van der Waals surface area contributed by atoms with E-state index < -0.39 is 21.8 Å². The SMILES string of the molecule is COc1ccc2c([c]1[Zr]([CH3])[CH3])Cc1ccccc1-2. The van der Waals surface area contributed by atoms with Crippen LogP contribution in [0.1, 0.15) is 11.1 Å². The number of benzene rings is 2. The monoisotopic (exact) mass is 315 g/mol. The summed E-state index contributed by atoms with van der Waals surface area (Å²) in [5.74, 6) is 1.11. The molecule has 0 saturated carbocycles. The summed E-state index contributed by atoms with van der Waals surface area (Å²) in [6.07, 6.45) is 1.09. The van der Waals surface area contributed by atoms with Crippen molar-refractivity contribution < 1.29 is 26.5 Å². The van der Waals surface area contributed by atoms with Gasteiger partial charge in [0.1, 0.15) is 0 Å². The van der Waals surface area contributed by atoms with E-state index in [2.05, 4.69) is 45.7 Å². The maximum absolute atomic E-state index is 5.58. The molecule has 0 heterocycles. The summed E-state index contributed by atoms with van der Waals surface area (Å²) in [7, 11) is 1.79. The molecule has 2 heteroatoms. The Morgan fingerprint density at radius 2 is 1.78 bits per heavy atom. The molecule has 0 amide bonds. The Balaban J connectivity index is 2.25. The standard InChI is InChI=1S/C14H11O.2CH3.Zr/c1-15-12-6-7-14-11(9-12)8-10-4-2-3-5-13(10)14;;;/h2-7H,8H2,1H3;2*1H3;. The van der Waals surface area contributed by atoms with E-state index in [9.17, 15) is 0 Å². The van der Waals surface area contributed by atoms with Gasteiger partial charge in [-0.25, -0.2) is 0 Å². The molecule has 0 fully saturated rings. The number of hydrogen-bond acceptors (Lipinski definition) is 1. The van der Waals surface area contributed by atoms with Gasteiger partial charge in [0.15, 0.2) is 0 Å². The second-order valence-corrected chi connectivity index (χ2v) is 11.1. The molecule has 2 aromatic carbocycles. The van der Waals surface area contributed by atoms with Gasteiger partial charge in [-0.05, 0) is 0 Å². The van der Waals surface area contributed by atoms with Crippen molar-refractivity contribution >= 4 is 3.27 Å². The van der Waals surface area contributed by atoms with Crippen LogP contribution in [0.4, 0.5) is 0 Å². The average molecular weight is 317 g/mol. The molecule has 0 N–H and O–H groups in total. The van der Waals surface area contributed by atoms with Gasteiger partial charge in [-0.1, -0.05) is 0 Å². The molecule has 3 rings (SSSR count). The molecule has 0 atom stereocenters. The van der Waals surface area contributed by atoms with Gasteiger partial charge in [0.25, 0.3) is 0 Å². The van der Waals surface area contributed by atoms with Crippen LogP contribution in [0.15, 0.2) is 36.4 Å². The molecule has 0 radical (unpaired) electrons. The number of hydrogen-bond donors (Lipinski definition) is 0. The van der Waals surface area contributed by atoms with Gasteiger partial charge in [-0.2, -0.15) is 0 Å². The van der Waals surface area contributed by atoms with E-state index in [-0.39, 0.29) is 0 Å². The van der Waals surface area contributed by atoms with E-state index in [0.717, 1.165) is 12.2 Å². The number of fused-ring (bicyclic) bond motifs is 3. The van der Waals surface area contributed by atoms with Crippen LogP contribution >= 0.6 is 0 Å². The second kappa shape index (κ2) is 4.66. The van der Waals surface area contributed by atoms with E-state index in [0.29, 0.717) is 0 Å². The Hall–Kier alpha value is -0.877. The predicted molar refractivity (Wildman–Crippen MR) is 72.6 cm³/mol. The van der Waals surface area contributed by atoms with Gasteiger partial charge < -0.3 is 0 Å². The zero-order valence-electron chi connectivity index (χ0n) is 11.1. The van der Waals surface area contributed by atoms with Crippen LogP contribution in [0.2, 0.25) is 9.26 Å². The van der Waals surface area contributed by atoms with Crippen molar-refractivity contribution in [1.82, 2.24) is 0 Å². The van der Waals surface area contributed by atoms with Crippen molar-refractivity contribution in [2.75, 3.05) is 7.11 Å². The zero-order valence-corrected chi connectivity index (χ0v) is 13.5. The molecule has 1 aliphatic carbocycles. The summed E-state index contributed by atoms with van der Waals surface area (Å²) >= 11 is -1.46. The van der Waals surface area contributed by atoms with Crippen molar-refractivity contribution in [1.29, 1.82) is 0 Å². The third kappa shape index (κ3) is 1.78. The van der Waals surface area contributed by atoms with Gasteiger partial charge in [-0.3, -0.25) is 0 Å². The molecule has 0 aliphatic heterocycles. The molecule has 18 heavy (non-hydrogen) atoms. The van der Waals surface area contributed by atoms with Gasteiger partial charge in [-0.15, -0.1) is 0 Å². The van der Waals surface area contributed by atoms with Crippen LogP contribution in [0.25, 0.3) is 11.1 Å². The van der Waals surface area contributed by atoms with Gasteiger partial charge in [0, 0.05) is 0 Å². The predicted octanol–water partition coefficient (Wildman–Crippen LogP) is 3.61. The molecular weight excluding hydrogens is 299 g/mol. The van der Waals surface area contributed by atoms with E-state index in [1.54, 1.807) is 10.4 Å². The molecule has 0 unspecified atom stereocenters. The van der Waals surface area contributed by atoms with Crippen LogP contribution in [0.3, 0.4) is 0 Å². The van der Waals surface area contributed by atoms with Crippen LogP contribution < -0.4 is 8.01 Å². The minimum absolute atomic E-state index is 1.09. The van der Waals surface area contributed by atoms with Crippen molar-refractivity contribution in [2.45, 2.75) is 15.7 Å². The van der Waals surface area contributed by atoms with Crippen LogP contribution in [0, 0.1) is 0 Å². The minimum atomic E-state index is -1.46. The quantitative estimate of drug-likeness (QED) is 0.702. The molecular formula is C16H17OZr. The third-order valence-corrected chi connectivity index (χ3v) is 7.47. The summed E-state index contributed by atoms with van der Waals surface area (Å²) < 4.78 is 12.0. The summed E-state index contributed by atoms with van der Waals surface area (Å²) in [6, 6.07) is 13.2.